The first kappa shape index (κ1) is 44.8. The Balaban J connectivity index is 1.71. The largest absolute Gasteiger partial charge is 0.495 e. The van der Waals surface area contributed by atoms with Gasteiger partial charge in [0, 0.05) is 44.7 Å². The normalized spacial score (nSPS) is 29.3. The van der Waals surface area contributed by atoms with Crippen LogP contribution in [0, 0.1) is 5.92 Å². The summed E-state index contributed by atoms with van der Waals surface area (Å²) in [5, 5.41) is 14.5. The van der Waals surface area contributed by atoms with E-state index in [-0.39, 0.29) is 34.9 Å². The van der Waals surface area contributed by atoms with Crippen molar-refractivity contribution in [3.05, 3.63) is 46.5 Å². The molecule has 4 bridgehead atoms. The van der Waals surface area contributed by atoms with Gasteiger partial charge in [-0.05, 0) is 71.4 Å². The van der Waals surface area contributed by atoms with Crippen LogP contribution in [0.25, 0.3) is 0 Å². The Kier molecular flexibility index (Phi) is 14.7. The highest BCUT2D eigenvalue weighted by atomic mass is 35.5. The number of amides is 3. The average molecular weight is 826 g/mol. The molecule has 0 saturated carbocycles. The first-order chi connectivity index (χ1) is 25.7. The summed E-state index contributed by atoms with van der Waals surface area (Å²) in [5.74, 6) is -1.50. The maximum Gasteiger partial charge on any atom is 0.409 e. The fourth-order valence-electron chi connectivity index (χ4n) is 7.07. The molecule has 1 aromatic carbocycles. The number of aliphatic hydroxyl groups is 1. The van der Waals surface area contributed by atoms with Crippen LogP contribution in [-0.2, 0) is 39.8 Å². The van der Waals surface area contributed by atoms with E-state index in [0.717, 1.165) is 11.1 Å². The maximum atomic E-state index is 14.2. The molecule has 2 N–H and O–H groups in total. The van der Waals surface area contributed by atoms with Crippen molar-refractivity contribution in [3.8, 4) is 5.75 Å². The lowest BCUT2D eigenvalue weighted by Gasteiger charge is -2.42. The number of esters is 1. The van der Waals surface area contributed by atoms with Gasteiger partial charge in [-0.25, -0.2) is 9.59 Å². The summed E-state index contributed by atoms with van der Waals surface area (Å²) < 4.78 is 29.2. The highest BCUT2D eigenvalue weighted by molar-refractivity contribution is 8.76. The second kappa shape index (κ2) is 18.1. The van der Waals surface area contributed by atoms with Gasteiger partial charge in [0.2, 0.25) is 11.8 Å². The van der Waals surface area contributed by atoms with Crippen molar-refractivity contribution in [2.24, 2.45) is 5.92 Å². The number of anilines is 1. The van der Waals surface area contributed by atoms with Gasteiger partial charge in [-0.1, -0.05) is 63.9 Å². The van der Waals surface area contributed by atoms with Crippen molar-refractivity contribution in [2.75, 3.05) is 39.5 Å². The van der Waals surface area contributed by atoms with Crippen LogP contribution in [0.3, 0.4) is 0 Å². The fourth-order valence-corrected chi connectivity index (χ4v) is 9.62. The van der Waals surface area contributed by atoms with Gasteiger partial charge < -0.3 is 38.6 Å². The van der Waals surface area contributed by atoms with Crippen molar-refractivity contribution in [2.45, 2.75) is 120 Å². The van der Waals surface area contributed by atoms with Crippen LogP contribution in [-0.4, -0.2) is 115 Å². The summed E-state index contributed by atoms with van der Waals surface area (Å²) >= 11 is 6.78. The Morgan fingerprint density at radius 1 is 1.25 bits per heavy atom. The number of nitrogens with one attached hydrogen (secondary N) is 1. The number of hydrogen-bond donors (Lipinski definition) is 2. The molecule has 0 spiro atoms. The van der Waals surface area contributed by atoms with E-state index < -0.39 is 65.7 Å². The predicted molar refractivity (Wildman–Crippen MR) is 215 cm³/mol. The van der Waals surface area contributed by atoms with Crippen molar-refractivity contribution < 1.29 is 48.0 Å². The lowest BCUT2D eigenvalue weighted by molar-refractivity contribution is -0.162. The summed E-state index contributed by atoms with van der Waals surface area (Å²) in [6.07, 6.45) is 3.81. The number of methoxy groups -OCH3 is 2. The number of rotatable bonds is 10. The van der Waals surface area contributed by atoms with Gasteiger partial charge in [0.05, 0.1) is 25.3 Å². The van der Waals surface area contributed by atoms with Gasteiger partial charge in [-0.2, -0.15) is 0 Å². The van der Waals surface area contributed by atoms with E-state index in [9.17, 15) is 24.3 Å². The van der Waals surface area contributed by atoms with Crippen molar-refractivity contribution in [1.29, 1.82) is 0 Å². The van der Waals surface area contributed by atoms with Crippen LogP contribution in [0.5, 0.6) is 5.75 Å². The summed E-state index contributed by atoms with van der Waals surface area (Å²) in [6.45, 7) is 11.2. The molecule has 0 aliphatic carbocycles. The predicted octanol–water partition coefficient (Wildman–Crippen LogP) is 6.08. The summed E-state index contributed by atoms with van der Waals surface area (Å²) in [7, 11) is 9.39. The molecule has 4 rings (SSSR count). The van der Waals surface area contributed by atoms with Crippen LogP contribution >= 0.6 is 33.2 Å². The average Bonchev–Trinajstić information content (AvgIpc) is 3.82. The minimum absolute atomic E-state index is 0.0478. The second-order valence-corrected chi connectivity index (χ2v) is 18.9. The summed E-state index contributed by atoms with van der Waals surface area (Å²) in [5.41, 5.74) is -0.900. The SMILES string of the molecule is COc1cc2cc(c1Cl)N(C)C(=O)CC(OC(=O)[C@H](C)N(C)C(=O)CCC(C)(C)SSC)C1(C)OC1C(C)C1CC(O)(NC(=O)O1)C(OC)C=CC=C(C)C2. The number of fused-ring (bicyclic) bond motifs is 5. The quantitative estimate of drug-likeness (QED) is 0.160. The standard InChI is InChI=1S/C39H56ClN3O10S2/c1-22-13-12-14-29(50-10)39(48)21-28(51-36(47)41-39)23(2)34-38(6,53-34)30(20-32(45)43(8)26-18-25(17-22)19-27(49-9)33(26)40)52-35(46)24(3)42(7)31(44)15-16-37(4,5)55-54-11/h12-14,18-19,23-24,28-30,34,48H,15-17,20-21H2,1-11H3,(H,41,47)/t23?,24-,28?,29?,30?,34?,38?,39?/m0/s1. The number of epoxide rings is 1. The Labute approximate surface area is 337 Å². The first-order valence-corrected chi connectivity index (χ1v) is 21.2. The minimum atomic E-state index is -1.83. The molecule has 2 fully saturated rings. The van der Waals surface area contributed by atoms with Crippen LogP contribution in [0.4, 0.5) is 10.5 Å². The van der Waals surface area contributed by atoms with E-state index in [1.165, 1.54) is 24.0 Å². The van der Waals surface area contributed by atoms with Crippen LogP contribution in [0.15, 0.2) is 35.9 Å². The Morgan fingerprint density at radius 3 is 2.58 bits per heavy atom. The van der Waals surface area contributed by atoms with Crippen molar-refractivity contribution >= 4 is 62.8 Å². The van der Waals surface area contributed by atoms with E-state index in [1.807, 2.05) is 26.2 Å². The number of allylic oxidation sites excluding steroid dienone is 3. The van der Waals surface area contributed by atoms with Gasteiger partial charge in [0.25, 0.3) is 0 Å². The minimum Gasteiger partial charge on any atom is -0.495 e. The molecular weight excluding hydrogens is 770 g/mol. The van der Waals surface area contributed by atoms with Gasteiger partial charge in [-0.3, -0.25) is 14.9 Å². The number of ether oxygens (including phenoxy) is 5. The second-order valence-electron chi connectivity index (χ2n) is 15.4. The first-order valence-electron chi connectivity index (χ1n) is 18.3. The van der Waals surface area contributed by atoms with Crippen molar-refractivity contribution in [3.63, 3.8) is 0 Å². The topological polar surface area (TPSA) is 156 Å². The molecule has 0 radical (unpaired) electrons. The lowest BCUT2D eigenvalue weighted by Crippen LogP contribution is -2.63. The molecule has 55 heavy (non-hydrogen) atoms. The molecule has 1 aromatic rings. The van der Waals surface area contributed by atoms with E-state index >= 15 is 0 Å². The summed E-state index contributed by atoms with van der Waals surface area (Å²) in [4.78, 5) is 56.9. The highest BCUT2D eigenvalue weighted by Gasteiger charge is 2.64. The van der Waals surface area contributed by atoms with Gasteiger partial charge in [-0.15, -0.1) is 0 Å². The lowest BCUT2D eigenvalue weighted by atomic mass is 9.83. The van der Waals surface area contributed by atoms with Gasteiger partial charge in [0.1, 0.15) is 40.7 Å². The molecule has 13 nitrogen and oxygen atoms in total. The van der Waals surface area contributed by atoms with Gasteiger partial charge in [0.15, 0.2) is 5.72 Å². The zero-order valence-electron chi connectivity index (χ0n) is 33.6. The van der Waals surface area contributed by atoms with Crippen LogP contribution in [0.1, 0.15) is 72.8 Å². The molecular formula is C39H56ClN3O10S2. The fraction of sp³-hybridized carbons (Fsp3) is 0.641. The monoisotopic (exact) mass is 825 g/mol. The van der Waals surface area contributed by atoms with E-state index in [1.54, 1.807) is 73.8 Å². The number of carbonyl (C=O) groups is 4. The molecule has 3 amide bonds. The van der Waals surface area contributed by atoms with Crippen LogP contribution < -0.4 is 15.0 Å². The molecule has 306 valence electrons. The summed E-state index contributed by atoms with van der Waals surface area (Å²) in [6, 6.07) is 2.62. The number of likely N-dealkylation sites (N-methyl/N-ethyl adjacent to an activating group) is 1. The maximum absolute atomic E-state index is 14.2. The third kappa shape index (κ3) is 10.5. The molecule has 7 unspecified atom stereocenters. The Hall–Kier alpha value is -2.95. The molecule has 16 heteroatoms. The molecule has 0 aromatic heterocycles. The molecule has 2 saturated heterocycles. The van der Waals surface area contributed by atoms with E-state index in [0.29, 0.717) is 24.3 Å². The smallest absolute Gasteiger partial charge is 0.409 e. The Morgan fingerprint density at radius 2 is 1.95 bits per heavy atom. The third-order valence-electron chi connectivity index (χ3n) is 10.8. The van der Waals surface area contributed by atoms with E-state index in [2.05, 4.69) is 19.2 Å². The number of nitrogens with zero attached hydrogens (tertiary/aromatic N) is 2. The van der Waals surface area contributed by atoms with E-state index in [4.69, 9.17) is 35.3 Å². The molecule has 3 heterocycles. The third-order valence-corrected chi connectivity index (χ3v) is 13.8. The number of benzene rings is 1. The Bertz CT molecular complexity index is 1680. The number of alkyl carbamates (subject to hydrolysis) is 1. The van der Waals surface area contributed by atoms with Crippen LogP contribution in [0.2, 0.25) is 5.02 Å². The highest BCUT2D eigenvalue weighted by Crippen LogP contribution is 2.49. The molecule has 3 aliphatic heterocycles. The number of carbonyl (C=O) groups excluding carboxylic acids is 4. The zero-order valence-corrected chi connectivity index (χ0v) is 36.0. The molecule has 3 aliphatic rings. The number of hydrogen-bond acceptors (Lipinski definition) is 12. The number of halogens is 1. The molecule has 8 atom stereocenters. The van der Waals surface area contributed by atoms with Crippen molar-refractivity contribution in [1.82, 2.24) is 10.2 Å². The van der Waals surface area contributed by atoms with Gasteiger partial charge >= 0.3 is 12.1 Å². The zero-order chi connectivity index (χ0) is 41.0.